The molecule has 0 heterocycles. The van der Waals surface area contributed by atoms with E-state index in [0.717, 1.165) is 4.31 Å². The molecule has 1 amide bonds. The van der Waals surface area contributed by atoms with Crippen LogP contribution in [0.3, 0.4) is 0 Å². The van der Waals surface area contributed by atoms with Crippen molar-refractivity contribution in [2.75, 3.05) is 32.6 Å². The molecule has 0 aromatic heterocycles. The zero-order chi connectivity index (χ0) is 22.5. The Labute approximate surface area is 179 Å². The van der Waals surface area contributed by atoms with Crippen molar-refractivity contribution in [2.45, 2.75) is 32.6 Å². The molecule has 1 N–H and O–H groups in total. The number of aryl methyl sites for hydroxylation is 1. The van der Waals surface area contributed by atoms with E-state index in [4.69, 9.17) is 9.47 Å². The van der Waals surface area contributed by atoms with Crippen LogP contribution < -0.4 is 14.8 Å². The van der Waals surface area contributed by atoms with Gasteiger partial charge in [-0.15, -0.1) is 0 Å². The quantitative estimate of drug-likeness (QED) is 0.646. The van der Waals surface area contributed by atoms with Crippen LogP contribution in [0.5, 0.6) is 11.5 Å². The van der Waals surface area contributed by atoms with E-state index >= 15 is 0 Å². The van der Waals surface area contributed by atoms with Crippen LogP contribution in [0.25, 0.3) is 0 Å². The minimum Gasteiger partial charge on any atom is -0.490 e. The number of rotatable bonds is 9. The number of hydrogen-bond acceptors (Lipinski definition) is 5. The van der Waals surface area contributed by atoms with Gasteiger partial charge in [0.15, 0.2) is 11.5 Å². The van der Waals surface area contributed by atoms with E-state index in [9.17, 15) is 13.2 Å². The molecular weight excluding hydrogens is 404 g/mol. The minimum absolute atomic E-state index is 0.151. The Hall–Kier alpha value is -2.58. The fraction of sp³-hybridized carbons (Fsp3) is 0.409. The molecule has 0 unspecified atom stereocenters. The van der Waals surface area contributed by atoms with Crippen molar-refractivity contribution >= 4 is 21.6 Å². The highest BCUT2D eigenvalue weighted by Gasteiger charge is 2.21. The normalized spacial score (nSPS) is 11.6. The lowest BCUT2D eigenvalue weighted by Gasteiger charge is -2.16. The Morgan fingerprint density at radius 1 is 1.07 bits per heavy atom. The largest absolute Gasteiger partial charge is 0.490 e. The van der Waals surface area contributed by atoms with Gasteiger partial charge < -0.3 is 14.8 Å². The van der Waals surface area contributed by atoms with Crippen molar-refractivity contribution in [3.05, 3.63) is 47.5 Å². The fourth-order valence-corrected chi connectivity index (χ4v) is 3.79. The van der Waals surface area contributed by atoms with Gasteiger partial charge in [0.2, 0.25) is 10.0 Å². The fourth-order valence-electron chi connectivity index (χ4n) is 2.65. The molecule has 7 nitrogen and oxygen atoms in total. The molecule has 0 aliphatic rings. The molecule has 0 atom stereocenters. The molecule has 30 heavy (non-hydrogen) atoms. The van der Waals surface area contributed by atoms with Crippen LogP contribution in [0.4, 0.5) is 5.69 Å². The Kier molecular flexibility index (Phi) is 7.86. The van der Waals surface area contributed by atoms with E-state index in [1.54, 1.807) is 37.3 Å². The highest BCUT2D eigenvalue weighted by molar-refractivity contribution is 7.89. The van der Waals surface area contributed by atoms with E-state index in [0.29, 0.717) is 47.4 Å². The van der Waals surface area contributed by atoms with Crippen LogP contribution in [0.1, 0.15) is 36.7 Å². The molecule has 0 radical (unpaired) electrons. The summed E-state index contributed by atoms with van der Waals surface area (Å²) < 4.78 is 37.5. The lowest BCUT2D eigenvalue weighted by atomic mass is 10.1. The van der Waals surface area contributed by atoms with Crippen molar-refractivity contribution in [3.8, 4) is 11.5 Å². The number of anilines is 1. The van der Waals surface area contributed by atoms with Gasteiger partial charge in [-0.25, -0.2) is 12.7 Å². The molecule has 164 valence electrons. The summed E-state index contributed by atoms with van der Waals surface area (Å²) in [4.78, 5) is 12.9. The number of carbonyl (C=O) groups excluding carboxylic acids is 1. The van der Waals surface area contributed by atoms with Gasteiger partial charge in [-0.05, 0) is 55.7 Å². The number of ether oxygens (including phenoxy) is 2. The van der Waals surface area contributed by atoms with Gasteiger partial charge in [-0.2, -0.15) is 0 Å². The third kappa shape index (κ3) is 5.73. The van der Waals surface area contributed by atoms with Gasteiger partial charge >= 0.3 is 0 Å². The average molecular weight is 435 g/mol. The summed E-state index contributed by atoms with van der Waals surface area (Å²) in [7, 11) is -0.677. The van der Waals surface area contributed by atoms with Crippen LogP contribution in [-0.2, 0) is 10.0 Å². The number of nitrogens with zero attached hydrogens (tertiary/aromatic N) is 1. The summed E-state index contributed by atoms with van der Waals surface area (Å²) in [6.07, 6.45) is 0. The molecule has 2 aromatic rings. The molecule has 0 spiro atoms. The van der Waals surface area contributed by atoms with E-state index < -0.39 is 10.0 Å². The lowest BCUT2D eigenvalue weighted by Crippen LogP contribution is -2.23. The smallest absolute Gasteiger partial charge is 0.255 e. The third-order valence-electron chi connectivity index (χ3n) is 4.28. The summed E-state index contributed by atoms with van der Waals surface area (Å²) in [5.74, 6) is 1.06. The summed E-state index contributed by atoms with van der Waals surface area (Å²) in [6.45, 7) is 8.65. The van der Waals surface area contributed by atoms with Gasteiger partial charge in [-0.1, -0.05) is 19.9 Å². The number of carbonyl (C=O) groups is 1. The molecule has 8 heteroatoms. The molecule has 0 saturated heterocycles. The first-order valence-corrected chi connectivity index (χ1v) is 11.2. The van der Waals surface area contributed by atoms with Crippen molar-refractivity contribution in [3.63, 3.8) is 0 Å². The number of nitrogens with one attached hydrogen (secondary N) is 1. The molecule has 0 fully saturated rings. The van der Waals surface area contributed by atoms with E-state index in [1.165, 1.54) is 20.2 Å². The van der Waals surface area contributed by atoms with Gasteiger partial charge in [0.1, 0.15) is 0 Å². The predicted octanol–water partition coefficient (Wildman–Crippen LogP) is 3.93. The second-order valence-electron chi connectivity index (χ2n) is 7.52. The van der Waals surface area contributed by atoms with Crippen LogP contribution in [0.2, 0.25) is 0 Å². The standard InChI is InChI=1S/C22H30N2O5S/c1-7-28-20-12-17(9-11-19(20)29-14-15(2)3)22(25)23-18-10-8-16(4)21(13-18)30(26,27)24(5)6/h8-13,15H,7,14H2,1-6H3,(H,23,25). The molecule has 2 aromatic carbocycles. The first kappa shape index (κ1) is 23.7. The average Bonchev–Trinajstić information content (AvgIpc) is 2.68. The van der Waals surface area contributed by atoms with Gasteiger partial charge in [0.25, 0.3) is 5.91 Å². The number of hydrogen-bond donors (Lipinski definition) is 1. The van der Waals surface area contributed by atoms with Crippen LogP contribution in [0, 0.1) is 12.8 Å². The number of amides is 1. The highest BCUT2D eigenvalue weighted by atomic mass is 32.2. The van der Waals surface area contributed by atoms with Crippen molar-refractivity contribution in [1.29, 1.82) is 0 Å². The zero-order valence-corrected chi connectivity index (χ0v) is 19.2. The topological polar surface area (TPSA) is 84.9 Å². The first-order valence-electron chi connectivity index (χ1n) is 9.80. The molecule has 0 aliphatic carbocycles. The van der Waals surface area contributed by atoms with Crippen LogP contribution >= 0.6 is 0 Å². The molecular formula is C22H30N2O5S. The Morgan fingerprint density at radius 3 is 2.37 bits per heavy atom. The number of sulfonamides is 1. The Balaban J connectivity index is 2.28. The van der Waals surface area contributed by atoms with E-state index in [2.05, 4.69) is 19.2 Å². The molecule has 0 bridgehead atoms. The second kappa shape index (κ2) is 9.95. The van der Waals surface area contributed by atoms with E-state index in [1.807, 2.05) is 6.92 Å². The Morgan fingerprint density at radius 2 is 1.77 bits per heavy atom. The summed E-state index contributed by atoms with van der Waals surface area (Å²) in [6, 6.07) is 9.79. The zero-order valence-electron chi connectivity index (χ0n) is 18.4. The van der Waals surface area contributed by atoms with Gasteiger partial charge in [0, 0.05) is 25.3 Å². The number of benzene rings is 2. The SMILES string of the molecule is CCOc1cc(C(=O)Nc2ccc(C)c(S(=O)(=O)N(C)C)c2)ccc1OCC(C)C. The molecule has 2 rings (SSSR count). The van der Waals surface area contributed by atoms with Crippen molar-refractivity contribution in [2.24, 2.45) is 5.92 Å². The summed E-state index contributed by atoms with van der Waals surface area (Å²) in [5.41, 5.74) is 1.38. The van der Waals surface area contributed by atoms with Gasteiger partial charge in [-0.3, -0.25) is 4.79 Å². The third-order valence-corrected chi connectivity index (χ3v) is 6.24. The monoisotopic (exact) mass is 434 g/mol. The van der Waals surface area contributed by atoms with Crippen molar-refractivity contribution < 1.29 is 22.7 Å². The van der Waals surface area contributed by atoms with Crippen LogP contribution in [-0.4, -0.2) is 45.9 Å². The van der Waals surface area contributed by atoms with Crippen LogP contribution in [0.15, 0.2) is 41.3 Å². The summed E-state index contributed by atoms with van der Waals surface area (Å²) >= 11 is 0. The minimum atomic E-state index is -3.62. The van der Waals surface area contributed by atoms with Gasteiger partial charge in [0.05, 0.1) is 18.1 Å². The maximum absolute atomic E-state index is 12.8. The lowest BCUT2D eigenvalue weighted by molar-refractivity contribution is 0.102. The highest BCUT2D eigenvalue weighted by Crippen LogP contribution is 2.30. The van der Waals surface area contributed by atoms with Crippen molar-refractivity contribution in [1.82, 2.24) is 4.31 Å². The Bertz CT molecular complexity index is 1000. The predicted molar refractivity (Wildman–Crippen MR) is 118 cm³/mol. The maximum atomic E-state index is 12.8. The summed E-state index contributed by atoms with van der Waals surface area (Å²) in [5, 5.41) is 2.76. The maximum Gasteiger partial charge on any atom is 0.255 e. The van der Waals surface area contributed by atoms with E-state index in [-0.39, 0.29) is 10.8 Å². The molecule has 0 saturated carbocycles. The molecule has 0 aliphatic heterocycles. The second-order valence-corrected chi connectivity index (χ2v) is 9.64. The first-order chi connectivity index (χ1) is 14.1.